The van der Waals surface area contributed by atoms with Crippen LogP contribution in [0.15, 0.2) is 15.7 Å². The summed E-state index contributed by atoms with van der Waals surface area (Å²) in [6.45, 7) is 0.541. The summed E-state index contributed by atoms with van der Waals surface area (Å²) in [6.07, 6.45) is 1.99. The van der Waals surface area contributed by atoms with E-state index in [-0.39, 0.29) is 15.7 Å². The van der Waals surface area contributed by atoms with E-state index in [1.807, 2.05) is 0 Å². The van der Waals surface area contributed by atoms with Crippen LogP contribution in [0, 0.1) is 0 Å². The molecule has 2 rings (SSSR count). The molecule has 1 fully saturated rings. The first-order chi connectivity index (χ1) is 9.40. The smallest absolute Gasteiger partial charge is 0.336 e. The second kappa shape index (κ2) is 5.90. The molecule has 1 unspecified atom stereocenters. The molecule has 9 heteroatoms. The number of carbonyl (C=O) groups excluding carboxylic acids is 1. The lowest BCUT2D eigenvalue weighted by Gasteiger charge is -2.14. The first-order valence-corrected chi connectivity index (χ1v) is 8.38. The third-order valence-corrected chi connectivity index (χ3v) is 5.83. The minimum Gasteiger partial charge on any atom is -0.478 e. The number of aromatic carboxylic acids is 1. The van der Waals surface area contributed by atoms with Gasteiger partial charge in [0, 0.05) is 11.9 Å². The molecule has 1 amide bonds. The van der Waals surface area contributed by atoms with Crippen LogP contribution in [0.25, 0.3) is 0 Å². The Morgan fingerprint density at radius 2 is 2.20 bits per heavy atom. The Balaban J connectivity index is 2.17. The fourth-order valence-electron chi connectivity index (χ4n) is 1.87. The van der Waals surface area contributed by atoms with Crippen molar-refractivity contribution in [3.63, 3.8) is 0 Å². The number of hydrogen-bond donors (Lipinski definition) is 3. The highest BCUT2D eigenvalue weighted by atomic mass is 32.2. The second-order valence-electron chi connectivity index (χ2n) is 4.42. The van der Waals surface area contributed by atoms with Gasteiger partial charge in [-0.15, -0.1) is 11.3 Å². The van der Waals surface area contributed by atoms with E-state index in [1.165, 1.54) is 5.38 Å². The van der Waals surface area contributed by atoms with Crippen LogP contribution in [0.2, 0.25) is 0 Å². The Bertz CT molecular complexity index is 623. The molecule has 7 nitrogen and oxygen atoms in total. The van der Waals surface area contributed by atoms with Gasteiger partial charge in [-0.05, 0) is 25.3 Å². The summed E-state index contributed by atoms with van der Waals surface area (Å²) < 4.78 is 26.5. The molecule has 2 heterocycles. The van der Waals surface area contributed by atoms with E-state index < -0.39 is 22.0 Å². The van der Waals surface area contributed by atoms with E-state index in [9.17, 15) is 18.0 Å². The van der Waals surface area contributed by atoms with Gasteiger partial charge in [0.25, 0.3) is 10.0 Å². The average Bonchev–Trinajstić information content (AvgIpc) is 2.79. The van der Waals surface area contributed by atoms with Crippen molar-refractivity contribution in [2.24, 2.45) is 0 Å². The molecule has 1 aliphatic heterocycles. The molecule has 1 aromatic heterocycles. The Hall–Kier alpha value is -1.45. The van der Waals surface area contributed by atoms with Crippen molar-refractivity contribution in [3.8, 4) is 0 Å². The number of carbonyl (C=O) groups is 2. The molecule has 1 saturated heterocycles. The number of thiophene rings is 1. The zero-order chi connectivity index (χ0) is 14.8. The molecule has 0 saturated carbocycles. The predicted molar refractivity (Wildman–Crippen MR) is 72.2 cm³/mol. The lowest BCUT2D eigenvalue weighted by molar-refractivity contribution is -0.122. The average molecular weight is 318 g/mol. The molecular weight excluding hydrogens is 304 g/mol. The third kappa shape index (κ3) is 3.35. The predicted octanol–water partition coefficient (Wildman–Crippen LogP) is 0.393. The van der Waals surface area contributed by atoms with E-state index in [1.54, 1.807) is 0 Å². The molecule has 0 spiro atoms. The molecule has 1 aromatic rings. The maximum absolute atomic E-state index is 12.1. The van der Waals surface area contributed by atoms with Crippen molar-refractivity contribution >= 4 is 33.2 Å². The SMILES string of the molecule is O=C(O)c1csc(S(=O)(=O)NC2CCCCNC2=O)c1. The number of carboxylic acids is 1. The maximum Gasteiger partial charge on any atom is 0.336 e. The summed E-state index contributed by atoms with van der Waals surface area (Å²) in [5.41, 5.74) is -0.0827. The first-order valence-electron chi connectivity index (χ1n) is 6.02. The van der Waals surface area contributed by atoms with Gasteiger partial charge in [0.2, 0.25) is 5.91 Å². The van der Waals surface area contributed by atoms with Gasteiger partial charge in [0.15, 0.2) is 0 Å². The summed E-state index contributed by atoms with van der Waals surface area (Å²) >= 11 is 0.817. The Morgan fingerprint density at radius 3 is 2.85 bits per heavy atom. The highest BCUT2D eigenvalue weighted by Crippen LogP contribution is 2.21. The topological polar surface area (TPSA) is 113 Å². The quantitative estimate of drug-likeness (QED) is 0.743. The van der Waals surface area contributed by atoms with Gasteiger partial charge in [-0.1, -0.05) is 0 Å². The van der Waals surface area contributed by atoms with E-state index in [4.69, 9.17) is 5.11 Å². The molecule has 110 valence electrons. The number of rotatable bonds is 4. The zero-order valence-electron chi connectivity index (χ0n) is 10.5. The fourth-order valence-corrected chi connectivity index (χ4v) is 4.27. The van der Waals surface area contributed by atoms with Crippen LogP contribution >= 0.6 is 11.3 Å². The highest BCUT2D eigenvalue weighted by molar-refractivity contribution is 7.91. The summed E-state index contributed by atoms with van der Waals surface area (Å²) in [4.78, 5) is 22.5. The highest BCUT2D eigenvalue weighted by Gasteiger charge is 2.28. The Morgan fingerprint density at radius 1 is 1.45 bits per heavy atom. The van der Waals surface area contributed by atoms with Crippen LogP contribution < -0.4 is 10.0 Å². The van der Waals surface area contributed by atoms with Gasteiger partial charge in [-0.2, -0.15) is 4.72 Å². The van der Waals surface area contributed by atoms with Gasteiger partial charge >= 0.3 is 5.97 Å². The standard InChI is InChI=1S/C11H14N2O5S2/c14-10-8(3-1-2-4-12-10)13-20(17,18)9-5-7(6-19-9)11(15)16/h5-6,8,13H,1-4H2,(H,12,14)(H,15,16). The fraction of sp³-hybridized carbons (Fsp3) is 0.455. The minimum atomic E-state index is -3.88. The van der Waals surface area contributed by atoms with Crippen molar-refractivity contribution in [1.82, 2.24) is 10.0 Å². The van der Waals surface area contributed by atoms with Crippen molar-refractivity contribution in [1.29, 1.82) is 0 Å². The number of nitrogens with one attached hydrogen (secondary N) is 2. The maximum atomic E-state index is 12.1. The zero-order valence-corrected chi connectivity index (χ0v) is 12.1. The van der Waals surface area contributed by atoms with Crippen LogP contribution in [-0.2, 0) is 14.8 Å². The van der Waals surface area contributed by atoms with Crippen LogP contribution in [0.3, 0.4) is 0 Å². The summed E-state index contributed by atoms with van der Waals surface area (Å²) in [5, 5.41) is 12.7. The summed E-state index contributed by atoms with van der Waals surface area (Å²) in [5.74, 6) is -1.53. The van der Waals surface area contributed by atoms with Gasteiger partial charge < -0.3 is 10.4 Å². The van der Waals surface area contributed by atoms with Crippen LogP contribution in [0.4, 0.5) is 0 Å². The summed E-state index contributed by atoms with van der Waals surface area (Å²) in [7, 11) is -3.88. The van der Waals surface area contributed by atoms with Crippen LogP contribution in [0.1, 0.15) is 29.6 Å². The normalized spacial score (nSPS) is 20.2. The van der Waals surface area contributed by atoms with Gasteiger partial charge in [-0.3, -0.25) is 4.79 Å². The molecule has 20 heavy (non-hydrogen) atoms. The monoisotopic (exact) mass is 318 g/mol. The Labute approximate surface area is 120 Å². The van der Waals surface area contributed by atoms with Crippen molar-refractivity contribution < 1.29 is 23.1 Å². The number of carboxylic acid groups (broad SMARTS) is 1. The third-order valence-electron chi connectivity index (χ3n) is 2.92. The van der Waals surface area contributed by atoms with E-state index in [0.29, 0.717) is 13.0 Å². The van der Waals surface area contributed by atoms with Gasteiger partial charge in [0.05, 0.1) is 5.56 Å². The van der Waals surface area contributed by atoms with Gasteiger partial charge in [0.1, 0.15) is 10.3 Å². The number of hydrogen-bond acceptors (Lipinski definition) is 5. The van der Waals surface area contributed by atoms with E-state index in [2.05, 4.69) is 10.0 Å². The van der Waals surface area contributed by atoms with Crippen LogP contribution in [-0.4, -0.2) is 38.0 Å². The number of amides is 1. The van der Waals surface area contributed by atoms with Crippen LogP contribution in [0.5, 0.6) is 0 Å². The molecule has 0 aromatic carbocycles. The van der Waals surface area contributed by atoms with E-state index in [0.717, 1.165) is 30.2 Å². The lowest BCUT2D eigenvalue weighted by Crippen LogP contribution is -2.45. The molecule has 3 N–H and O–H groups in total. The minimum absolute atomic E-state index is 0.0827. The van der Waals surface area contributed by atoms with Crippen molar-refractivity contribution in [3.05, 3.63) is 17.0 Å². The second-order valence-corrected chi connectivity index (χ2v) is 7.27. The molecular formula is C11H14N2O5S2. The number of sulfonamides is 1. The first kappa shape index (κ1) is 14.9. The van der Waals surface area contributed by atoms with Crippen molar-refractivity contribution in [2.45, 2.75) is 29.5 Å². The molecule has 1 atom stereocenters. The Kier molecular flexibility index (Phi) is 4.41. The van der Waals surface area contributed by atoms with Crippen molar-refractivity contribution in [2.75, 3.05) is 6.54 Å². The van der Waals surface area contributed by atoms with E-state index >= 15 is 0 Å². The van der Waals surface area contributed by atoms with Gasteiger partial charge in [-0.25, -0.2) is 13.2 Å². The lowest BCUT2D eigenvalue weighted by atomic mass is 10.1. The molecule has 0 radical (unpaired) electrons. The molecule has 1 aliphatic rings. The molecule has 0 bridgehead atoms. The molecule has 0 aliphatic carbocycles. The summed E-state index contributed by atoms with van der Waals surface area (Å²) in [6, 6.07) is 0.280. The largest absolute Gasteiger partial charge is 0.478 e.